The smallest absolute Gasteiger partial charge is 0.315 e. The van der Waals surface area contributed by atoms with E-state index in [9.17, 15) is 18.0 Å². The van der Waals surface area contributed by atoms with Crippen molar-refractivity contribution in [3.05, 3.63) is 28.7 Å². The van der Waals surface area contributed by atoms with E-state index in [0.717, 1.165) is 4.47 Å². The van der Waals surface area contributed by atoms with Crippen molar-refractivity contribution in [1.29, 1.82) is 0 Å². The van der Waals surface area contributed by atoms with Crippen LogP contribution in [0, 0.1) is 0 Å². The zero-order chi connectivity index (χ0) is 16.2. The number of benzene rings is 1. The molecule has 3 amide bonds. The number of amides is 3. The minimum absolute atomic E-state index is 0.0509. The summed E-state index contributed by atoms with van der Waals surface area (Å²) in [5.74, 6) is -0.335. The van der Waals surface area contributed by atoms with E-state index < -0.39 is 21.9 Å². The molecule has 1 fully saturated rings. The van der Waals surface area contributed by atoms with Gasteiger partial charge in [-0.15, -0.1) is 0 Å². The molecule has 0 aromatic heterocycles. The molecule has 2 rings (SSSR count). The topological polar surface area (TPSA) is 104 Å². The van der Waals surface area contributed by atoms with Crippen LogP contribution in [0.3, 0.4) is 0 Å². The van der Waals surface area contributed by atoms with Gasteiger partial charge >= 0.3 is 6.03 Å². The Morgan fingerprint density at radius 1 is 1.32 bits per heavy atom. The van der Waals surface area contributed by atoms with Gasteiger partial charge < -0.3 is 16.0 Å². The maximum Gasteiger partial charge on any atom is 0.315 e. The molecule has 1 aromatic carbocycles. The van der Waals surface area contributed by atoms with Crippen LogP contribution in [0.25, 0.3) is 0 Å². The van der Waals surface area contributed by atoms with Gasteiger partial charge in [0, 0.05) is 16.2 Å². The van der Waals surface area contributed by atoms with Crippen LogP contribution < -0.4 is 16.0 Å². The fourth-order valence-electron chi connectivity index (χ4n) is 2.08. The van der Waals surface area contributed by atoms with E-state index in [1.165, 1.54) is 0 Å². The van der Waals surface area contributed by atoms with Gasteiger partial charge in [0.05, 0.1) is 18.1 Å². The summed E-state index contributed by atoms with van der Waals surface area (Å²) < 4.78 is 23.4. The van der Waals surface area contributed by atoms with Gasteiger partial charge in [0.1, 0.15) is 0 Å². The Morgan fingerprint density at radius 3 is 2.73 bits per heavy atom. The molecule has 0 unspecified atom stereocenters. The SMILES string of the molecule is O=C(CNC(=O)N[C@H]1CCS(=O)(=O)C1)Nc1cccc(Br)c1. The van der Waals surface area contributed by atoms with Crippen molar-refractivity contribution in [2.75, 3.05) is 23.4 Å². The zero-order valence-corrected chi connectivity index (χ0v) is 14.0. The Morgan fingerprint density at radius 2 is 2.09 bits per heavy atom. The molecule has 0 saturated carbocycles. The largest absolute Gasteiger partial charge is 0.334 e. The van der Waals surface area contributed by atoms with Crippen LogP contribution in [0.1, 0.15) is 6.42 Å². The molecule has 1 aliphatic heterocycles. The average Bonchev–Trinajstić information content (AvgIpc) is 2.75. The first-order chi connectivity index (χ1) is 10.3. The van der Waals surface area contributed by atoms with E-state index >= 15 is 0 Å². The third-order valence-corrected chi connectivity index (χ3v) is 5.35. The maximum atomic E-state index is 11.7. The summed E-state index contributed by atoms with van der Waals surface area (Å²) in [5, 5.41) is 7.59. The summed E-state index contributed by atoms with van der Waals surface area (Å²) in [6.07, 6.45) is 0.403. The summed E-state index contributed by atoms with van der Waals surface area (Å²) in [4.78, 5) is 23.3. The monoisotopic (exact) mass is 389 g/mol. The molecule has 7 nitrogen and oxygen atoms in total. The van der Waals surface area contributed by atoms with Gasteiger partial charge in [0.15, 0.2) is 9.84 Å². The molecule has 0 radical (unpaired) electrons. The molecule has 1 heterocycles. The first-order valence-corrected chi connectivity index (χ1v) is 9.26. The van der Waals surface area contributed by atoms with Crippen LogP contribution >= 0.6 is 15.9 Å². The molecule has 22 heavy (non-hydrogen) atoms. The predicted molar refractivity (Wildman–Crippen MR) is 86.4 cm³/mol. The highest BCUT2D eigenvalue weighted by Gasteiger charge is 2.28. The second-order valence-electron chi connectivity index (χ2n) is 4.99. The highest BCUT2D eigenvalue weighted by Crippen LogP contribution is 2.15. The zero-order valence-electron chi connectivity index (χ0n) is 11.6. The lowest BCUT2D eigenvalue weighted by Gasteiger charge is -2.12. The third kappa shape index (κ3) is 5.30. The van der Waals surface area contributed by atoms with E-state index in [0.29, 0.717) is 12.1 Å². The normalized spacial score (nSPS) is 19.4. The number of hydrogen-bond donors (Lipinski definition) is 3. The Balaban J connectivity index is 1.73. The molecule has 1 atom stereocenters. The maximum absolute atomic E-state index is 11.7. The van der Waals surface area contributed by atoms with Crippen LogP contribution in [-0.4, -0.2) is 44.4 Å². The Bertz CT molecular complexity index is 678. The summed E-state index contributed by atoms with van der Waals surface area (Å²) in [7, 11) is -3.04. The minimum Gasteiger partial charge on any atom is -0.334 e. The van der Waals surface area contributed by atoms with E-state index in [1.807, 2.05) is 6.07 Å². The van der Waals surface area contributed by atoms with E-state index in [1.54, 1.807) is 18.2 Å². The predicted octanol–water partition coefficient (Wildman–Crippen LogP) is 0.874. The highest BCUT2D eigenvalue weighted by molar-refractivity contribution is 9.10. The van der Waals surface area contributed by atoms with Crippen LogP contribution in [-0.2, 0) is 14.6 Å². The van der Waals surface area contributed by atoms with Crippen molar-refractivity contribution in [3.63, 3.8) is 0 Å². The number of halogens is 1. The van der Waals surface area contributed by atoms with Crippen LogP contribution in [0.4, 0.5) is 10.5 Å². The molecule has 120 valence electrons. The first-order valence-electron chi connectivity index (χ1n) is 6.64. The standard InChI is InChI=1S/C13H16BrN3O4S/c14-9-2-1-3-10(6-9)16-12(18)7-15-13(19)17-11-4-5-22(20,21)8-11/h1-3,6,11H,4-5,7-8H2,(H,16,18)(H2,15,17,19)/t11-/m0/s1. The van der Waals surface area contributed by atoms with Crippen molar-refractivity contribution in [2.24, 2.45) is 0 Å². The van der Waals surface area contributed by atoms with Crippen LogP contribution in [0.5, 0.6) is 0 Å². The van der Waals surface area contributed by atoms with Crippen LogP contribution in [0.15, 0.2) is 28.7 Å². The Labute approximate surface area is 136 Å². The van der Waals surface area contributed by atoms with Gasteiger partial charge in [0.25, 0.3) is 0 Å². The number of urea groups is 1. The van der Waals surface area contributed by atoms with Crippen molar-refractivity contribution in [1.82, 2.24) is 10.6 Å². The molecule has 0 spiro atoms. The van der Waals surface area contributed by atoms with Gasteiger partial charge in [-0.05, 0) is 24.6 Å². The third-order valence-electron chi connectivity index (χ3n) is 3.09. The fraction of sp³-hybridized carbons (Fsp3) is 0.385. The number of nitrogens with one attached hydrogen (secondary N) is 3. The molecule has 1 aliphatic rings. The lowest BCUT2D eigenvalue weighted by atomic mass is 10.3. The van der Waals surface area contributed by atoms with Gasteiger partial charge in [-0.1, -0.05) is 22.0 Å². The Hall–Kier alpha value is -1.61. The van der Waals surface area contributed by atoms with Gasteiger partial charge in [-0.3, -0.25) is 4.79 Å². The van der Waals surface area contributed by atoms with Crippen molar-refractivity contribution in [2.45, 2.75) is 12.5 Å². The first kappa shape index (κ1) is 16.8. The second kappa shape index (κ2) is 7.10. The molecular formula is C13H16BrN3O4S. The average molecular weight is 390 g/mol. The molecule has 1 aromatic rings. The summed E-state index contributed by atoms with van der Waals surface area (Å²) in [6, 6.07) is 6.13. The summed E-state index contributed by atoms with van der Waals surface area (Å²) in [6.45, 7) is -0.197. The fourth-order valence-corrected chi connectivity index (χ4v) is 4.15. The number of carbonyl (C=O) groups excluding carboxylic acids is 2. The molecular weight excluding hydrogens is 374 g/mol. The summed E-state index contributed by atoms with van der Waals surface area (Å²) in [5.41, 5.74) is 0.614. The lowest BCUT2D eigenvalue weighted by molar-refractivity contribution is -0.115. The lowest BCUT2D eigenvalue weighted by Crippen LogP contribution is -2.45. The van der Waals surface area contributed by atoms with Crippen molar-refractivity contribution < 1.29 is 18.0 Å². The van der Waals surface area contributed by atoms with Gasteiger partial charge in [-0.25, -0.2) is 13.2 Å². The van der Waals surface area contributed by atoms with Crippen LogP contribution in [0.2, 0.25) is 0 Å². The minimum atomic E-state index is -3.04. The van der Waals surface area contributed by atoms with E-state index in [2.05, 4.69) is 31.9 Å². The molecule has 0 aliphatic carbocycles. The molecule has 1 saturated heterocycles. The van der Waals surface area contributed by atoms with Gasteiger partial charge in [0.2, 0.25) is 5.91 Å². The number of carbonyl (C=O) groups is 2. The number of sulfone groups is 1. The molecule has 9 heteroatoms. The van der Waals surface area contributed by atoms with Crippen molar-refractivity contribution >= 4 is 43.4 Å². The van der Waals surface area contributed by atoms with E-state index in [-0.39, 0.29) is 24.0 Å². The molecule has 0 bridgehead atoms. The highest BCUT2D eigenvalue weighted by atomic mass is 79.9. The number of rotatable bonds is 4. The van der Waals surface area contributed by atoms with Crippen molar-refractivity contribution in [3.8, 4) is 0 Å². The summed E-state index contributed by atoms with van der Waals surface area (Å²) >= 11 is 3.29. The van der Waals surface area contributed by atoms with E-state index in [4.69, 9.17) is 0 Å². The number of anilines is 1. The quantitative estimate of drug-likeness (QED) is 0.710. The number of hydrogen-bond acceptors (Lipinski definition) is 4. The van der Waals surface area contributed by atoms with Gasteiger partial charge in [-0.2, -0.15) is 0 Å². The second-order valence-corrected chi connectivity index (χ2v) is 8.13. The molecule has 3 N–H and O–H groups in total. The Kier molecular flexibility index (Phi) is 5.41.